The highest BCUT2D eigenvalue weighted by molar-refractivity contribution is 5.60. The normalized spacial score (nSPS) is 23.0. The Balaban J connectivity index is 1.69. The zero-order chi connectivity index (χ0) is 15.6. The molecule has 0 spiro atoms. The number of fused-ring (bicyclic) bond motifs is 1. The maximum atomic E-state index is 9.56. The minimum atomic E-state index is 0.252. The minimum Gasteiger partial charge on any atom is -0.396 e. The van der Waals surface area contributed by atoms with E-state index in [1.165, 1.54) is 17.7 Å². The second kappa shape index (κ2) is 6.24. The largest absolute Gasteiger partial charge is 0.396 e. The van der Waals surface area contributed by atoms with Gasteiger partial charge < -0.3 is 10.4 Å². The number of anilines is 1. The molecule has 0 saturated heterocycles. The van der Waals surface area contributed by atoms with Crippen molar-refractivity contribution in [3.63, 3.8) is 0 Å². The number of nitrogens with zero attached hydrogens (tertiary/aromatic N) is 3. The maximum absolute atomic E-state index is 9.56. The molecule has 0 aliphatic heterocycles. The van der Waals surface area contributed by atoms with Gasteiger partial charge >= 0.3 is 0 Å². The van der Waals surface area contributed by atoms with Crippen LogP contribution in [0.5, 0.6) is 0 Å². The van der Waals surface area contributed by atoms with Crippen LogP contribution < -0.4 is 5.32 Å². The molecule has 1 saturated carbocycles. The monoisotopic (exact) mass is 310 g/mol. The smallest absolute Gasteiger partial charge is 0.161 e. The summed E-state index contributed by atoms with van der Waals surface area (Å²) >= 11 is 0. The number of aliphatic hydroxyl groups is 1. The van der Waals surface area contributed by atoms with Crippen molar-refractivity contribution >= 4 is 5.82 Å². The second-order valence-corrected chi connectivity index (χ2v) is 6.53. The van der Waals surface area contributed by atoms with Crippen LogP contribution >= 0.6 is 0 Å². The number of hydrogen-bond acceptors (Lipinski definition) is 5. The van der Waals surface area contributed by atoms with Gasteiger partial charge in [0.15, 0.2) is 5.82 Å². The lowest BCUT2D eigenvalue weighted by Crippen LogP contribution is -2.27. The SMILES string of the molecule is OC[C@@H]1CCC[C@H]1Nc1nc(-c2ccncc2)nc2c1CCC2. The van der Waals surface area contributed by atoms with Gasteiger partial charge in [-0.15, -0.1) is 0 Å². The molecular weight excluding hydrogens is 288 g/mol. The highest BCUT2D eigenvalue weighted by Gasteiger charge is 2.29. The maximum Gasteiger partial charge on any atom is 0.161 e. The zero-order valence-electron chi connectivity index (χ0n) is 13.2. The fourth-order valence-corrected chi connectivity index (χ4v) is 3.80. The van der Waals surface area contributed by atoms with Crippen molar-refractivity contribution in [2.75, 3.05) is 11.9 Å². The molecule has 0 radical (unpaired) electrons. The number of aromatic nitrogens is 3. The molecule has 2 atom stereocenters. The molecule has 4 rings (SSSR count). The van der Waals surface area contributed by atoms with Gasteiger partial charge in [0.2, 0.25) is 0 Å². The Morgan fingerprint density at radius 1 is 1.09 bits per heavy atom. The first-order valence-electron chi connectivity index (χ1n) is 8.52. The van der Waals surface area contributed by atoms with E-state index in [1.54, 1.807) is 12.4 Å². The molecule has 1 fully saturated rings. The van der Waals surface area contributed by atoms with E-state index in [1.807, 2.05) is 12.1 Å². The first-order valence-corrected chi connectivity index (χ1v) is 8.52. The van der Waals surface area contributed by atoms with Gasteiger partial charge in [-0.05, 0) is 44.2 Å². The van der Waals surface area contributed by atoms with E-state index in [-0.39, 0.29) is 6.61 Å². The first-order chi connectivity index (χ1) is 11.3. The van der Waals surface area contributed by atoms with Gasteiger partial charge in [0.1, 0.15) is 5.82 Å². The van der Waals surface area contributed by atoms with Gasteiger partial charge in [-0.1, -0.05) is 6.42 Å². The van der Waals surface area contributed by atoms with Crippen LogP contribution in [0.15, 0.2) is 24.5 Å². The fraction of sp³-hybridized carbons (Fsp3) is 0.500. The highest BCUT2D eigenvalue weighted by Crippen LogP contribution is 2.33. The Labute approximate surface area is 136 Å². The van der Waals surface area contributed by atoms with E-state index in [0.29, 0.717) is 12.0 Å². The molecule has 0 aromatic carbocycles. The van der Waals surface area contributed by atoms with Gasteiger partial charge in [0, 0.05) is 47.8 Å². The zero-order valence-corrected chi connectivity index (χ0v) is 13.2. The standard InChI is InChI=1S/C18H22N4O/c23-11-13-3-1-5-15(13)20-18-14-4-2-6-16(14)21-17(22-18)12-7-9-19-10-8-12/h7-10,13,15,23H,1-6,11H2,(H,20,21,22)/t13-,15+/m0/s1. The Morgan fingerprint density at radius 2 is 1.96 bits per heavy atom. The summed E-state index contributed by atoms with van der Waals surface area (Å²) in [4.78, 5) is 13.7. The number of rotatable bonds is 4. The van der Waals surface area contributed by atoms with Crippen LogP contribution in [-0.4, -0.2) is 32.7 Å². The van der Waals surface area contributed by atoms with Gasteiger partial charge in [-0.2, -0.15) is 0 Å². The van der Waals surface area contributed by atoms with Crippen molar-refractivity contribution in [3.05, 3.63) is 35.8 Å². The lowest BCUT2D eigenvalue weighted by Gasteiger charge is -2.21. The molecule has 0 bridgehead atoms. The first kappa shape index (κ1) is 14.6. The predicted octanol–water partition coefficient (Wildman–Crippen LogP) is 2.60. The molecule has 23 heavy (non-hydrogen) atoms. The topological polar surface area (TPSA) is 70.9 Å². The molecule has 5 nitrogen and oxygen atoms in total. The third-order valence-corrected chi connectivity index (χ3v) is 5.09. The Kier molecular flexibility index (Phi) is 3.95. The third kappa shape index (κ3) is 2.81. The van der Waals surface area contributed by atoms with Crippen LogP contribution in [0.3, 0.4) is 0 Å². The van der Waals surface area contributed by atoms with Crippen molar-refractivity contribution in [2.45, 2.75) is 44.6 Å². The van der Waals surface area contributed by atoms with Crippen LogP contribution in [0, 0.1) is 5.92 Å². The van der Waals surface area contributed by atoms with E-state index >= 15 is 0 Å². The molecule has 2 aromatic rings. The molecule has 5 heteroatoms. The molecular formula is C18H22N4O. The van der Waals surface area contributed by atoms with Crippen molar-refractivity contribution in [1.29, 1.82) is 0 Å². The molecule has 0 amide bonds. The summed E-state index contributed by atoms with van der Waals surface area (Å²) in [6.45, 7) is 0.252. The summed E-state index contributed by atoms with van der Waals surface area (Å²) in [6.07, 6.45) is 10.1. The third-order valence-electron chi connectivity index (χ3n) is 5.09. The predicted molar refractivity (Wildman–Crippen MR) is 89.1 cm³/mol. The molecule has 2 aliphatic carbocycles. The van der Waals surface area contributed by atoms with Gasteiger partial charge in [-0.25, -0.2) is 9.97 Å². The number of aryl methyl sites for hydroxylation is 1. The highest BCUT2D eigenvalue weighted by atomic mass is 16.3. The van der Waals surface area contributed by atoms with E-state index in [2.05, 4.69) is 10.3 Å². The van der Waals surface area contributed by atoms with Gasteiger partial charge in [-0.3, -0.25) is 4.98 Å². The van der Waals surface area contributed by atoms with Crippen LogP contribution in [0.1, 0.15) is 36.9 Å². The van der Waals surface area contributed by atoms with Crippen LogP contribution in [0.4, 0.5) is 5.82 Å². The summed E-state index contributed by atoms with van der Waals surface area (Å²) < 4.78 is 0. The minimum absolute atomic E-state index is 0.252. The molecule has 2 heterocycles. The van der Waals surface area contributed by atoms with Crippen molar-refractivity contribution in [3.8, 4) is 11.4 Å². The fourth-order valence-electron chi connectivity index (χ4n) is 3.80. The summed E-state index contributed by atoms with van der Waals surface area (Å²) in [6, 6.07) is 4.23. The van der Waals surface area contributed by atoms with Crippen molar-refractivity contribution in [2.24, 2.45) is 5.92 Å². The van der Waals surface area contributed by atoms with Crippen LogP contribution in [-0.2, 0) is 12.8 Å². The number of hydrogen-bond donors (Lipinski definition) is 2. The summed E-state index contributed by atoms with van der Waals surface area (Å²) in [7, 11) is 0. The Hall–Kier alpha value is -2.01. The molecule has 0 unspecified atom stereocenters. The Morgan fingerprint density at radius 3 is 2.78 bits per heavy atom. The van der Waals surface area contributed by atoms with Crippen molar-refractivity contribution < 1.29 is 5.11 Å². The molecule has 2 aliphatic rings. The Bertz CT molecular complexity index is 689. The van der Waals surface area contributed by atoms with Crippen LogP contribution in [0.25, 0.3) is 11.4 Å². The van der Waals surface area contributed by atoms with Gasteiger partial charge in [0.05, 0.1) is 0 Å². The quantitative estimate of drug-likeness (QED) is 0.908. The average molecular weight is 310 g/mol. The molecule has 2 N–H and O–H groups in total. The summed E-state index contributed by atoms with van der Waals surface area (Å²) in [5.74, 6) is 2.09. The van der Waals surface area contributed by atoms with E-state index in [0.717, 1.165) is 49.3 Å². The summed E-state index contributed by atoms with van der Waals surface area (Å²) in [5.41, 5.74) is 3.45. The number of pyridine rings is 1. The van der Waals surface area contributed by atoms with Crippen LogP contribution in [0.2, 0.25) is 0 Å². The molecule has 120 valence electrons. The summed E-state index contributed by atoms with van der Waals surface area (Å²) in [5, 5.41) is 13.2. The lowest BCUT2D eigenvalue weighted by molar-refractivity contribution is 0.222. The molecule has 2 aromatic heterocycles. The number of nitrogens with one attached hydrogen (secondary N) is 1. The van der Waals surface area contributed by atoms with E-state index < -0.39 is 0 Å². The van der Waals surface area contributed by atoms with E-state index in [4.69, 9.17) is 9.97 Å². The number of aliphatic hydroxyl groups excluding tert-OH is 1. The second-order valence-electron chi connectivity index (χ2n) is 6.53. The van der Waals surface area contributed by atoms with Crippen molar-refractivity contribution in [1.82, 2.24) is 15.0 Å². The van der Waals surface area contributed by atoms with Gasteiger partial charge in [0.25, 0.3) is 0 Å². The van der Waals surface area contributed by atoms with E-state index in [9.17, 15) is 5.11 Å². The lowest BCUT2D eigenvalue weighted by atomic mass is 10.0. The average Bonchev–Trinajstić information content (AvgIpc) is 3.24.